The van der Waals surface area contributed by atoms with Crippen LogP contribution in [0.1, 0.15) is 20.7 Å². The average molecular weight is 272 g/mol. The average Bonchev–Trinajstić information content (AvgIpc) is 2.39. The summed E-state index contributed by atoms with van der Waals surface area (Å²) in [7, 11) is 0. The molecule has 0 fully saturated rings. The van der Waals surface area contributed by atoms with Gasteiger partial charge in [-0.2, -0.15) is 0 Å². The number of esters is 1. The van der Waals surface area contributed by atoms with Gasteiger partial charge in [-0.25, -0.2) is 9.59 Å². The van der Waals surface area contributed by atoms with Crippen LogP contribution < -0.4 is 16.2 Å². The molecule has 0 aliphatic heterocycles. The monoisotopic (exact) mass is 272 g/mol. The van der Waals surface area contributed by atoms with Crippen LogP contribution in [0.2, 0.25) is 0 Å². The van der Waals surface area contributed by atoms with Gasteiger partial charge in [0.2, 0.25) is 0 Å². The van der Waals surface area contributed by atoms with E-state index in [0.717, 1.165) is 0 Å². The molecule has 0 aliphatic rings. The number of ether oxygens (including phenoxy) is 1. The lowest BCUT2D eigenvalue weighted by molar-refractivity contribution is 0.0681. The van der Waals surface area contributed by atoms with E-state index in [1.54, 1.807) is 12.1 Å². The Kier molecular flexibility index (Phi) is 3.56. The van der Waals surface area contributed by atoms with Crippen molar-refractivity contribution >= 4 is 23.3 Å². The van der Waals surface area contributed by atoms with E-state index in [1.165, 1.54) is 30.3 Å². The zero-order valence-electron chi connectivity index (χ0n) is 10.4. The van der Waals surface area contributed by atoms with Crippen molar-refractivity contribution in [2.24, 2.45) is 0 Å². The molecule has 0 atom stereocenters. The fourth-order valence-electron chi connectivity index (χ4n) is 1.58. The van der Waals surface area contributed by atoms with Crippen LogP contribution in [0.5, 0.6) is 5.75 Å². The molecular formula is C14H12N2O4. The molecule has 5 N–H and O–H groups in total. The molecule has 6 heteroatoms. The van der Waals surface area contributed by atoms with Crippen molar-refractivity contribution in [2.45, 2.75) is 0 Å². The highest BCUT2D eigenvalue weighted by atomic mass is 16.5. The Bertz CT molecular complexity index is 665. The van der Waals surface area contributed by atoms with Crippen molar-refractivity contribution in [1.29, 1.82) is 0 Å². The maximum absolute atomic E-state index is 11.9. The molecule has 0 saturated heterocycles. The Morgan fingerprint density at radius 3 is 2.15 bits per heavy atom. The minimum absolute atomic E-state index is 0.0978. The van der Waals surface area contributed by atoms with Crippen LogP contribution in [-0.4, -0.2) is 17.0 Å². The van der Waals surface area contributed by atoms with Crippen molar-refractivity contribution in [1.82, 2.24) is 0 Å². The van der Waals surface area contributed by atoms with Gasteiger partial charge in [0.25, 0.3) is 0 Å². The number of rotatable bonds is 3. The molecule has 20 heavy (non-hydrogen) atoms. The molecule has 0 heterocycles. The van der Waals surface area contributed by atoms with Crippen LogP contribution in [0.15, 0.2) is 42.5 Å². The van der Waals surface area contributed by atoms with Crippen LogP contribution in [0, 0.1) is 0 Å². The van der Waals surface area contributed by atoms with Crippen LogP contribution in [0.4, 0.5) is 11.4 Å². The molecule has 0 radical (unpaired) electrons. The Morgan fingerprint density at radius 1 is 0.950 bits per heavy atom. The van der Waals surface area contributed by atoms with E-state index in [2.05, 4.69) is 0 Å². The minimum atomic E-state index is -1.20. The van der Waals surface area contributed by atoms with Gasteiger partial charge in [-0.3, -0.25) is 0 Å². The third-order valence-electron chi connectivity index (χ3n) is 2.59. The fraction of sp³-hybridized carbons (Fsp3) is 0. The predicted molar refractivity (Wildman–Crippen MR) is 73.6 cm³/mol. The molecule has 0 aromatic heterocycles. The third kappa shape index (κ3) is 2.86. The summed E-state index contributed by atoms with van der Waals surface area (Å²) in [6.45, 7) is 0. The maximum atomic E-state index is 11.9. The van der Waals surface area contributed by atoms with Crippen LogP contribution in [0.25, 0.3) is 0 Å². The first-order valence-electron chi connectivity index (χ1n) is 5.68. The van der Waals surface area contributed by atoms with Crippen molar-refractivity contribution in [2.75, 3.05) is 11.5 Å². The Morgan fingerprint density at radius 2 is 1.55 bits per heavy atom. The van der Waals surface area contributed by atoms with Gasteiger partial charge in [0.05, 0.1) is 5.56 Å². The lowest BCUT2D eigenvalue weighted by Gasteiger charge is -2.08. The molecule has 0 unspecified atom stereocenters. The van der Waals surface area contributed by atoms with E-state index in [0.29, 0.717) is 11.4 Å². The quantitative estimate of drug-likeness (QED) is 0.445. The minimum Gasteiger partial charge on any atom is -0.478 e. The summed E-state index contributed by atoms with van der Waals surface area (Å²) in [5.41, 5.74) is 12.0. The zero-order chi connectivity index (χ0) is 14.7. The van der Waals surface area contributed by atoms with E-state index in [4.69, 9.17) is 21.3 Å². The molecule has 2 aromatic rings. The molecular weight excluding hydrogens is 260 g/mol. The van der Waals surface area contributed by atoms with Gasteiger partial charge in [0.15, 0.2) is 0 Å². The molecule has 0 saturated carbocycles. The number of hydrogen-bond donors (Lipinski definition) is 3. The fourth-order valence-corrected chi connectivity index (χ4v) is 1.58. The summed E-state index contributed by atoms with van der Waals surface area (Å²) in [5, 5.41) is 9.03. The first-order valence-corrected chi connectivity index (χ1v) is 5.68. The van der Waals surface area contributed by atoms with E-state index in [1.807, 2.05) is 0 Å². The maximum Gasteiger partial charge on any atom is 0.343 e. The summed E-state index contributed by atoms with van der Waals surface area (Å²) >= 11 is 0. The number of benzene rings is 2. The lowest BCUT2D eigenvalue weighted by atomic mass is 10.1. The van der Waals surface area contributed by atoms with E-state index in [9.17, 15) is 9.59 Å². The Labute approximate surface area is 114 Å². The summed E-state index contributed by atoms with van der Waals surface area (Å²) in [5.74, 6) is -1.98. The summed E-state index contributed by atoms with van der Waals surface area (Å²) in [4.78, 5) is 23.0. The number of nitrogens with two attached hydrogens (primary N) is 2. The second-order valence-electron chi connectivity index (χ2n) is 4.07. The van der Waals surface area contributed by atoms with Gasteiger partial charge in [-0.1, -0.05) is 0 Å². The molecule has 6 nitrogen and oxygen atoms in total. The largest absolute Gasteiger partial charge is 0.478 e. The highest BCUT2D eigenvalue weighted by molar-refractivity contribution is 5.96. The third-order valence-corrected chi connectivity index (χ3v) is 2.59. The number of aromatic carboxylic acids is 1. The van der Waals surface area contributed by atoms with Crippen molar-refractivity contribution in [3.05, 3.63) is 53.6 Å². The SMILES string of the molecule is Nc1ccc(C(=O)Oc2cc(N)ccc2C(=O)O)cc1. The number of carbonyl (C=O) groups is 2. The van der Waals surface area contributed by atoms with Gasteiger partial charge >= 0.3 is 11.9 Å². The van der Waals surface area contributed by atoms with Crippen molar-refractivity contribution in [3.8, 4) is 5.75 Å². The zero-order valence-corrected chi connectivity index (χ0v) is 10.4. The summed E-state index contributed by atoms with van der Waals surface area (Å²) in [6.07, 6.45) is 0. The first kappa shape index (κ1) is 13.4. The Balaban J connectivity index is 2.29. The van der Waals surface area contributed by atoms with Crippen molar-refractivity contribution in [3.63, 3.8) is 0 Å². The predicted octanol–water partition coefficient (Wildman–Crippen LogP) is 1.77. The number of nitrogen functional groups attached to an aromatic ring is 2. The van der Waals surface area contributed by atoms with Gasteiger partial charge < -0.3 is 21.3 Å². The first-order chi connectivity index (χ1) is 9.47. The lowest BCUT2D eigenvalue weighted by Crippen LogP contribution is -2.12. The Hall–Kier alpha value is -3.02. The standard InChI is InChI=1S/C14H12N2O4/c15-9-3-1-8(2-4-9)14(19)20-12-7-10(16)5-6-11(12)13(17)18/h1-7H,15-16H2,(H,17,18). The van der Waals surface area contributed by atoms with Gasteiger partial charge in [-0.05, 0) is 36.4 Å². The second-order valence-corrected chi connectivity index (χ2v) is 4.07. The second kappa shape index (κ2) is 5.31. The topological polar surface area (TPSA) is 116 Å². The summed E-state index contributed by atoms with van der Waals surface area (Å²) in [6, 6.07) is 10.1. The summed E-state index contributed by atoms with van der Waals surface area (Å²) < 4.78 is 5.07. The van der Waals surface area contributed by atoms with E-state index >= 15 is 0 Å². The van der Waals surface area contributed by atoms with Crippen molar-refractivity contribution < 1.29 is 19.4 Å². The van der Waals surface area contributed by atoms with Crippen LogP contribution in [-0.2, 0) is 0 Å². The number of carboxylic acids is 1. The normalized spacial score (nSPS) is 10.0. The molecule has 0 spiro atoms. The number of anilines is 2. The smallest absolute Gasteiger partial charge is 0.343 e. The van der Waals surface area contributed by atoms with Gasteiger partial charge in [-0.15, -0.1) is 0 Å². The highest BCUT2D eigenvalue weighted by Gasteiger charge is 2.16. The molecule has 2 aromatic carbocycles. The van der Waals surface area contributed by atoms with Crippen LogP contribution >= 0.6 is 0 Å². The molecule has 2 rings (SSSR count). The number of hydrogen-bond acceptors (Lipinski definition) is 5. The van der Waals surface area contributed by atoms with E-state index in [-0.39, 0.29) is 16.9 Å². The molecule has 0 aliphatic carbocycles. The van der Waals surface area contributed by atoms with Gasteiger partial charge in [0.1, 0.15) is 11.3 Å². The highest BCUT2D eigenvalue weighted by Crippen LogP contribution is 2.23. The molecule has 0 amide bonds. The number of carbonyl (C=O) groups excluding carboxylic acids is 1. The van der Waals surface area contributed by atoms with Crippen LogP contribution in [0.3, 0.4) is 0 Å². The molecule has 102 valence electrons. The van der Waals surface area contributed by atoms with Gasteiger partial charge in [0, 0.05) is 17.4 Å². The number of carboxylic acid groups (broad SMARTS) is 1. The molecule has 0 bridgehead atoms. The van der Waals surface area contributed by atoms with E-state index < -0.39 is 11.9 Å².